The Morgan fingerprint density at radius 1 is 1.25 bits per heavy atom. The van der Waals surface area contributed by atoms with Gasteiger partial charge in [0.25, 0.3) is 0 Å². The molecule has 1 aromatic carbocycles. The molecular weight excluding hydrogens is 302 g/mol. The molecule has 0 aliphatic carbocycles. The largest absolute Gasteiger partial charge is 0.465 e. The Morgan fingerprint density at radius 2 is 1.96 bits per heavy atom. The van der Waals surface area contributed by atoms with Gasteiger partial charge in [0, 0.05) is 30.5 Å². The van der Waals surface area contributed by atoms with Gasteiger partial charge in [-0.25, -0.2) is 9.48 Å². The molecule has 3 rings (SSSR count). The van der Waals surface area contributed by atoms with Crippen LogP contribution in [0.5, 0.6) is 0 Å². The van der Waals surface area contributed by atoms with Crippen LogP contribution in [-0.2, 0) is 23.1 Å². The van der Waals surface area contributed by atoms with Gasteiger partial charge in [0.15, 0.2) is 0 Å². The summed E-state index contributed by atoms with van der Waals surface area (Å²) in [5.74, 6) is -0.333. The summed E-state index contributed by atoms with van der Waals surface area (Å²) < 4.78 is 6.90. The lowest BCUT2D eigenvalue weighted by Crippen LogP contribution is -2.28. The van der Waals surface area contributed by atoms with Crippen LogP contribution < -0.4 is 0 Å². The first-order chi connectivity index (χ1) is 11.3. The first-order valence-electron chi connectivity index (χ1n) is 8.30. The van der Waals surface area contributed by atoms with Gasteiger partial charge in [0.1, 0.15) is 0 Å². The average Bonchev–Trinajstić information content (AvgIpc) is 2.92. The topological polar surface area (TPSA) is 47.4 Å². The van der Waals surface area contributed by atoms with Crippen LogP contribution in [0, 0.1) is 0 Å². The molecule has 2 aromatic rings. The van der Waals surface area contributed by atoms with Crippen molar-refractivity contribution < 1.29 is 9.53 Å². The van der Waals surface area contributed by atoms with Crippen molar-refractivity contribution in [3.8, 4) is 5.69 Å². The summed E-state index contributed by atoms with van der Waals surface area (Å²) in [6.45, 7) is 8.42. The summed E-state index contributed by atoms with van der Waals surface area (Å²) in [5.41, 5.74) is 4.88. The van der Waals surface area contributed by atoms with Crippen molar-refractivity contribution in [1.82, 2.24) is 14.7 Å². The molecule has 1 aliphatic rings. The number of rotatable bonds is 2. The van der Waals surface area contributed by atoms with E-state index in [2.05, 4.69) is 32.7 Å². The standard InChI is InChI=1S/C19H25N3O2/c1-19(2,3)17-14-12-21(4)11-10-16(14)22(20-17)15-9-7-6-8-13(15)18(23)24-5/h6-9H,10-12H2,1-5H3. The number of hydrogen-bond donors (Lipinski definition) is 0. The van der Waals surface area contributed by atoms with Gasteiger partial charge in [-0.2, -0.15) is 5.10 Å². The van der Waals surface area contributed by atoms with Gasteiger partial charge in [-0.15, -0.1) is 0 Å². The predicted octanol–water partition coefficient (Wildman–Crippen LogP) is 2.94. The summed E-state index contributed by atoms with van der Waals surface area (Å²) in [6.07, 6.45) is 0.921. The monoisotopic (exact) mass is 327 g/mol. The number of methoxy groups -OCH3 is 1. The molecule has 0 unspecified atom stereocenters. The first kappa shape index (κ1) is 16.7. The van der Waals surface area contributed by atoms with Gasteiger partial charge < -0.3 is 9.64 Å². The molecule has 24 heavy (non-hydrogen) atoms. The molecule has 0 bridgehead atoms. The van der Waals surface area contributed by atoms with E-state index in [0.29, 0.717) is 5.56 Å². The number of fused-ring (bicyclic) bond motifs is 1. The Morgan fingerprint density at radius 3 is 2.62 bits per heavy atom. The lowest BCUT2D eigenvalue weighted by molar-refractivity contribution is 0.0600. The number of carbonyl (C=O) groups is 1. The van der Waals surface area contributed by atoms with Crippen LogP contribution in [0.25, 0.3) is 5.69 Å². The van der Waals surface area contributed by atoms with Crippen LogP contribution in [0.4, 0.5) is 0 Å². The Kier molecular flexibility index (Phi) is 4.22. The minimum absolute atomic E-state index is 0.0479. The zero-order valence-electron chi connectivity index (χ0n) is 15.1. The van der Waals surface area contributed by atoms with Crippen molar-refractivity contribution >= 4 is 5.97 Å². The average molecular weight is 327 g/mol. The Labute approximate surface area is 143 Å². The zero-order valence-corrected chi connectivity index (χ0v) is 15.1. The summed E-state index contributed by atoms with van der Waals surface area (Å²) in [6, 6.07) is 7.51. The molecule has 0 amide bonds. The molecule has 1 aromatic heterocycles. The fourth-order valence-electron chi connectivity index (χ4n) is 3.30. The molecule has 0 fully saturated rings. The van der Waals surface area contributed by atoms with E-state index in [1.807, 2.05) is 22.9 Å². The van der Waals surface area contributed by atoms with Crippen LogP contribution >= 0.6 is 0 Å². The highest BCUT2D eigenvalue weighted by molar-refractivity contribution is 5.93. The predicted molar refractivity (Wildman–Crippen MR) is 93.6 cm³/mol. The molecule has 2 heterocycles. The molecular formula is C19H25N3O2. The number of benzene rings is 1. The van der Waals surface area contributed by atoms with E-state index in [0.717, 1.165) is 30.9 Å². The second kappa shape index (κ2) is 6.06. The van der Waals surface area contributed by atoms with E-state index in [1.165, 1.54) is 18.4 Å². The maximum absolute atomic E-state index is 12.2. The van der Waals surface area contributed by atoms with E-state index < -0.39 is 0 Å². The third-order valence-electron chi connectivity index (χ3n) is 4.50. The highest BCUT2D eigenvalue weighted by atomic mass is 16.5. The van der Waals surface area contributed by atoms with E-state index in [1.54, 1.807) is 6.07 Å². The fraction of sp³-hybridized carbons (Fsp3) is 0.474. The van der Waals surface area contributed by atoms with Gasteiger partial charge in [0.05, 0.1) is 29.7 Å². The lowest BCUT2D eigenvalue weighted by atomic mass is 9.87. The lowest BCUT2D eigenvalue weighted by Gasteiger charge is -2.26. The van der Waals surface area contributed by atoms with E-state index in [4.69, 9.17) is 9.84 Å². The molecule has 0 spiro atoms. The fourth-order valence-corrected chi connectivity index (χ4v) is 3.30. The Balaban J connectivity index is 2.22. The molecule has 0 radical (unpaired) electrons. The van der Waals surface area contributed by atoms with Crippen molar-refractivity contribution in [3.05, 3.63) is 46.8 Å². The van der Waals surface area contributed by atoms with Crippen LogP contribution in [0.1, 0.15) is 48.1 Å². The van der Waals surface area contributed by atoms with Gasteiger partial charge >= 0.3 is 5.97 Å². The first-order valence-corrected chi connectivity index (χ1v) is 8.30. The molecule has 0 N–H and O–H groups in total. The quantitative estimate of drug-likeness (QED) is 0.796. The number of esters is 1. The van der Waals surface area contributed by atoms with Gasteiger partial charge in [-0.1, -0.05) is 32.9 Å². The third-order valence-corrected chi connectivity index (χ3v) is 4.50. The second-order valence-corrected chi connectivity index (χ2v) is 7.43. The minimum Gasteiger partial charge on any atom is -0.465 e. The molecule has 1 aliphatic heterocycles. The summed E-state index contributed by atoms with van der Waals surface area (Å²) in [7, 11) is 3.54. The highest BCUT2D eigenvalue weighted by Gasteiger charge is 2.30. The number of ether oxygens (including phenoxy) is 1. The van der Waals surface area contributed by atoms with Crippen LogP contribution in [0.15, 0.2) is 24.3 Å². The zero-order chi connectivity index (χ0) is 17.5. The molecule has 0 saturated heterocycles. The normalized spacial score (nSPS) is 15.2. The summed E-state index contributed by atoms with van der Waals surface area (Å²) >= 11 is 0. The smallest absolute Gasteiger partial charge is 0.340 e. The van der Waals surface area contributed by atoms with Crippen molar-refractivity contribution in [3.63, 3.8) is 0 Å². The van der Waals surface area contributed by atoms with E-state index in [9.17, 15) is 4.79 Å². The molecule has 0 atom stereocenters. The van der Waals surface area contributed by atoms with Crippen LogP contribution in [-0.4, -0.2) is 41.4 Å². The minimum atomic E-state index is -0.333. The third kappa shape index (κ3) is 2.84. The van der Waals surface area contributed by atoms with Crippen molar-refractivity contribution in [1.29, 1.82) is 0 Å². The highest BCUT2D eigenvalue weighted by Crippen LogP contribution is 2.32. The van der Waals surface area contributed by atoms with Crippen molar-refractivity contribution in [2.24, 2.45) is 0 Å². The molecule has 0 saturated carbocycles. The van der Waals surface area contributed by atoms with Gasteiger partial charge in [0.2, 0.25) is 0 Å². The van der Waals surface area contributed by atoms with Gasteiger partial charge in [-0.3, -0.25) is 0 Å². The number of para-hydroxylation sites is 1. The van der Waals surface area contributed by atoms with Crippen LogP contribution in [0.3, 0.4) is 0 Å². The summed E-state index contributed by atoms with van der Waals surface area (Å²) in [5, 5.41) is 4.93. The maximum Gasteiger partial charge on any atom is 0.340 e. The van der Waals surface area contributed by atoms with Gasteiger partial charge in [-0.05, 0) is 19.2 Å². The Bertz CT molecular complexity index is 771. The number of likely N-dealkylation sites (N-methyl/N-ethyl adjacent to an activating group) is 1. The van der Waals surface area contributed by atoms with E-state index >= 15 is 0 Å². The second-order valence-electron chi connectivity index (χ2n) is 7.43. The number of aromatic nitrogens is 2. The number of carbonyl (C=O) groups excluding carboxylic acids is 1. The Hall–Kier alpha value is -2.14. The van der Waals surface area contributed by atoms with E-state index in [-0.39, 0.29) is 11.4 Å². The molecule has 5 heteroatoms. The SMILES string of the molecule is COC(=O)c1ccccc1-n1nc(C(C)(C)C)c2c1CCN(C)C2. The van der Waals surface area contributed by atoms with Crippen molar-refractivity contribution in [2.75, 3.05) is 20.7 Å². The number of hydrogen-bond acceptors (Lipinski definition) is 4. The van der Waals surface area contributed by atoms with Crippen LogP contribution in [0.2, 0.25) is 0 Å². The molecule has 5 nitrogen and oxygen atoms in total. The molecule has 128 valence electrons. The number of nitrogens with zero attached hydrogens (tertiary/aromatic N) is 3. The van der Waals surface area contributed by atoms with Crippen molar-refractivity contribution in [2.45, 2.75) is 39.2 Å². The maximum atomic E-state index is 12.2. The summed E-state index contributed by atoms with van der Waals surface area (Å²) in [4.78, 5) is 14.5.